The first kappa shape index (κ1) is 31.5. The number of methoxy groups -OCH3 is 1. The number of esters is 2. The maximum Gasteiger partial charge on any atom is 0.309 e. The van der Waals surface area contributed by atoms with E-state index in [1.54, 1.807) is 0 Å². The summed E-state index contributed by atoms with van der Waals surface area (Å²) in [4.78, 5) is 25.5. The summed E-state index contributed by atoms with van der Waals surface area (Å²) in [6, 6.07) is 27.7. The van der Waals surface area contributed by atoms with E-state index in [1.807, 2.05) is 30.3 Å². The van der Waals surface area contributed by atoms with E-state index in [2.05, 4.69) is 95.4 Å². The van der Waals surface area contributed by atoms with Crippen molar-refractivity contribution in [2.75, 3.05) is 13.7 Å². The molecule has 3 atom stereocenters. The van der Waals surface area contributed by atoms with Gasteiger partial charge in [0.1, 0.15) is 6.10 Å². The van der Waals surface area contributed by atoms with Gasteiger partial charge in [-0.1, -0.05) is 120 Å². The third-order valence-corrected chi connectivity index (χ3v) is 8.37. The van der Waals surface area contributed by atoms with E-state index >= 15 is 0 Å². The molecule has 1 heterocycles. The number of benzene rings is 3. The number of nitrogens with one attached hydrogen (secondary N) is 1. The Hall–Kier alpha value is -3.44. The van der Waals surface area contributed by atoms with Crippen LogP contribution < -0.4 is 5.32 Å². The minimum atomic E-state index is -0.578. The first-order valence-corrected chi connectivity index (χ1v) is 15.1. The third-order valence-electron chi connectivity index (χ3n) is 8.37. The van der Waals surface area contributed by atoms with Crippen LogP contribution in [0, 0.1) is 5.92 Å². The molecule has 5 heteroatoms. The molecule has 0 aromatic heterocycles. The topological polar surface area (TPSA) is 64.6 Å². The van der Waals surface area contributed by atoms with Gasteiger partial charge in [-0.05, 0) is 45.1 Å². The highest BCUT2D eigenvalue weighted by Gasteiger charge is 2.35. The van der Waals surface area contributed by atoms with Gasteiger partial charge in [-0.25, -0.2) is 0 Å². The van der Waals surface area contributed by atoms with Gasteiger partial charge in [0, 0.05) is 24.9 Å². The van der Waals surface area contributed by atoms with Crippen molar-refractivity contribution in [2.45, 2.75) is 89.7 Å². The van der Waals surface area contributed by atoms with Gasteiger partial charge in [-0.2, -0.15) is 0 Å². The first-order valence-electron chi connectivity index (χ1n) is 15.1. The molecule has 3 aromatic carbocycles. The zero-order valence-electron chi connectivity index (χ0n) is 26.3. The molecule has 42 heavy (non-hydrogen) atoms. The summed E-state index contributed by atoms with van der Waals surface area (Å²) in [7, 11) is 1.36. The third kappa shape index (κ3) is 8.10. The fourth-order valence-electron chi connectivity index (χ4n) is 5.85. The maximum absolute atomic E-state index is 13.0. The summed E-state index contributed by atoms with van der Waals surface area (Å²) < 4.78 is 10.9. The monoisotopic (exact) mass is 569 g/mol. The molecule has 1 aliphatic heterocycles. The molecule has 0 saturated carbocycles. The first-order chi connectivity index (χ1) is 19.8. The molecular weight excluding hydrogens is 522 g/mol. The van der Waals surface area contributed by atoms with E-state index in [0.29, 0.717) is 19.4 Å². The molecule has 5 nitrogen and oxygen atoms in total. The van der Waals surface area contributed by atoms with Gasteiger partial charge in [-0.3, -0.25) is 9.59 Å². The Morgan fingerprint density at radius 1 is 0.810 bits per heavy atom. The molecule has 0 spiro atoms. The molecule has 0 amide bonds. The molecular formula is C37H47NO4. The van der Waals surface area contributed by atoms with Crippen molar-refractivity contribution in [1.29, 1.82) is 0 Å². The predicted octanol–water partition coefficient (Wildman–Crippen LogP) is 7.11. The molecule has 224 valence electrons. The van der Waals surface area contributed by atoms with E-state index in [1.165, 1.54) is 29.4 Å². The highest BCUT2D eigenvalue weighted by Crippen LogP contribution is 2.35. The summed E-state index contributed by atoms with van der Waals surface area (Å²) in [6.45, 7) is 14.0. The van der Waals surface area contributed by atoms with Crippen molar-refractivity contribution in [2.24, 2.45) is 5.92 Å². The number of hydrogen-bond acceptors (Lipinski definition) is 5. The quantitative estimate of drug-likeness (QED) is 0.278. The SMILES string of the molecule is COC(=O)[C@@H](CC(=O)O[C@H]1CN[C@@H](C(c2ccc(C(C)(C)C)cc2)c2ccc(C(C)(C)C)cc2)C1)Cc1ccccc1. The minimum Gasteiger partial charge on any atom is -0.469 e. The highest BCUT2D eigenvalue weighted by molar-refractivity contribution is 5.80. The summed E-state index contributed by atoms with van der Waals surface area (Å²) in [5.74, 6) is -1.23. The molecule has 0 unspecified atom stereocenters. The lowest BCUT2D eigenvalue weighted by Crippen LogP contribution is -2.30. The van der Waals surface area contributed by atoms with Crippen LogP contribution in [0.5, 0.6) is 0 Å². The molecule has 0 aliphatic carbocycles. The lowest BCUT2D eigenvalue weighted by Gasteiger charge is -2.27. The van der Waals surface area contributed by atoms with Gasteiger partial charge in [0.15, 0.2) is 0 Å². The fraction of sp³-hybridized carbons (Fsp3) is 0.459. The van der Waals surface area contributed by atoms with E-state index in [9.17, 15) is 9.59 Å². The van der Waals surface area contributed by atoms with Crippen LogP contribution in [-0.2, 0) is 36.3 Å². The van der Waals surface area contributed by atoms with Crippen molar-refractivity contribution < 1.29 is 19.1 Å². The van der Waals surface area contributed by atoms with E-state index < -0.39 is 11.9 Å². The molecule has 1 aliphatic rings. The van der Waals surface area contributed by atoms with E-state index in [0.717, 1.165) is 5.56 Å². The average Bonchev–Trinajstić information content (AvgIpc) is 3.40. The van der Waals surface area contributed by atoms with Crippen molar-refractivity contribution >= 4 is 11.9 Å². The van der Waals surface area contributed by atoms with Crippen LogP contribution in [0.4, 0.5) is 0 Å². The van der Waals surface area contributed by atoms with Crippen LogP contribution in [0.3, 0.4) is 0 Å². The second kappa shape index (κ2) is 13.2. The largest absolute Gasteiger partial charge is 0.469 e. The van der Waals surface area contributed by atoms with E-state index in [-0.39, 0.29) is 41.3 Å². The zero-order chi connectivity index (χ0) is 30.5. The summed E-state index contributed by atoms with van der Waals surface area (Å²) in [5.41, 5.74) is 6.23. The predicted molar refractivity (Wildman–Crippen MR) is 169 cm³/mol. The molecule has 1 fully saturated rings. The Balaban J connectivity index is 1.50. The normalized spacial score (nSPS) is 18.1. The Morgan fingerprint density at radius 2 is 1.33 bits per heavy atom. The molecule has 0 bridgehead atoms. The molecule has 1 N–H and O–H groups in total. The Bertz CT molecular complexity index is 1260. The average molecular weight is 570 g/mol. The van der Waals surface area contributed by atoms with Crippen molar-refractivity contribution in [3.63, 3.8) is 0 Å². The fourth-order valence-corrected chi connectivity index (χ4v) is 5.85. The Labute approximate surface area is 252 Å². The van der Waals surface area contributed by atoms with Crippen LogP contribution >= 0.6 is 0 Å². The molecule has 3 aromatic rings. The Morgan fingerprint density at radius 3 is 1.81 bits per heavy atom. The number of rotatable bonds is 9. The van der Waals surface area contributed by atoms with Crippen LogP contribution in [0.1, 0.15) is 88.1 Å². The van der Waals surface area contributed by atoms with E-state index in [4.69, 9.17) is 9.47 Å². The van der Waals surface area contributed by atoms with Gasteiger partial charge >= 0.3 is 11.9 Å². The van der Waals surface area contributed by atoms with Crippen LogP contribution in [-0.4, -0.2) is 37.7 Å². The van der Waals surface area contributed by atoms with Gasteiger partial charge in [-0.15, -0.1) is 0 Å². The van der Waals surface area contributed by atoms with Crippen LogP contribution in [0.2, 0.25) is 0 Å². The molecule has 0 radical (unpaired) electrons. The number of carbonyl (C=O) groups is 2. The summed E-state index contributed by atoms with van der Waals surface area (Å²) in [5, 5.41) is 3.66. The Kier molecular flexibility index (Phi) is 9.93. The summed E-state index contributed by atoms with van der Waals surface area (Å²) >= 11 is 0. The number of hydrogen-bond donors (Lipinski definition) is 1. The molecule has 1 saturated heterocycles. The highest BCUT2D eigenvalue weighted by atomic mass is 16.5. The maximum atomic E-state index is 13.0. The second-order valence-electron chi connectivity index (χ2n) is 13.7. The standard InChI is InChI=1S/C37H47NO4/c1-36(2,3)29-17-13-26(14-18-29)34(27-15-19-30(20-16-27)37(4,5)6)32-23-31(24-38-32)42-33(39)22-28(35(40)41-7)21-25-11-9-8-10-12-25/h8-20,28,31-32,34,38H,21-24H2,1-7H3/t28-,31-,32-/m1/s1. The van der Waals surface area contributed by atoms with Gasteiger partial charge in [0.05, 0.1) is 19.4 Å². The van der Waals surface area contributed by atoms with Crippen LogP contribution in [0.15, 0.2) is 78.9 Å². The minimum absolute atomic E-state index is 0.00526. The second-order valence-corrected chi connectivity index (χ2v) is 13.7. The lowest BCUT2D eigenvalue weighted by molar-refractivity contribution is -0.156. The molecule has 4 rings (SSSR count). The van der Waals surface area contributed by atoms with Crippen molar-refractivity contribution in [1.82, 2.24) is 5.32 Å². The van der Waals surface area contributed by atoms with Crippen LogP contribution in [0.25, 0.3) is 0 Å². The number of ether oxygens (including phenoxy) is 2. The smallest absolute Gasteiger partial charge is 0.309 e. The lowest BCUT2D eigenvalue weighted by atomic mass is 9.80. The number of carbonyl (C=O) groups excluding carboxylic acids is 2. The van der Waals surface area contributed by atoms with Gasteiger partial charge in [0.25, 0.3) is 0 Å². The van der Waals surface area contributed by atoms with Gasteiger partial charge in [0.2, 0.25) is 0 Å². The van der Waals surface area contributed by atoms with Crippen molar-refractivity contribution in [3.8, 4) is 0 Å². The van der Waals surface area contributed by atoms with Gasteiger partial charge < -0.3 is 14.8 Å². The van der Waals surface area contributed by atoms with Crippen molar-refractivity contribution in [3.05, 3.63) is 107 Å². The summed E-state index contributed by atoms with van der Waals surface area (Å²) in [6.07, 6.45) is 0.864. The zero-order valence-corrected chi connectivity index (χ0v) is 26.3.